The summed E-state index contributed by atoms with van der Waals surface area (Å²) in [5, 5.41) is 3.24. The minimum atomic E-state index is -0.424. The van der Waals surface area contributed by atoms with E-state index in [0.29, 0.717) is 13.1 Å². The molecule has 0 spiro atoms. The fourth-order valence-electron chi connectivity index (χ4n) is 2.29. The Kier molecular flexibility index (Phi) is 4.53. The molecule has 1 saturated heterocycles. The van der Waals surface area contributed by atoms with Gasteiger partial charge in [-0.3, -0.25) is 4.79 Å². The maximum Gasteiger partial charge on any atom is 0.256 e. The summed E-state index contributed by atoms with van der Waals surface area (Å²) in [5.41, 5.74) is 1.20. The third-order valence-electron chi connectivity index (χ3n) is 3.51. The topological polar surface area (TPSA) is 32.3 Å². The summed E-state index contributed by atoms with van der Waals surface area (Å²) in [6.45, 7) is 7.10. The minimum absolute atomic E-state index is 0.191. The summed E-state index contributed by atoms with van der Waals surface area (Å²) < 4.78 is 13.9. The van der Waals surface area contributed by atoms with Gasteiger partial charge in [0, 0.05) is 19.6 Å². The number of hydrogen-bond donors (Lipinski definition) is 1. The van der Waals surface area contributed by atoms with Crippen molar-refractivity contribution in [3.63, 3.8) is 0 Å². The molecule has 1 aliphatic heterocycles. The number of amides is 1. The summed E-state index contributed by atoms with van der Waals surface area (Å²) in [7, 11) is 0. The van der Waals surface area contributed by atoms with E-state index < -0.39 is 5.82 Å². The van der Waals surface area contributed by atoms with Gasteiger partial charge in [0.2, 0.25) is 0 Å². The van der Waals surface area contributed by atoms with Crippen LogP contribution in [0.15, 0.2) is 18.2 Å². The van der Waals surface area contributed by atoms with Crippen molar-refractivity contribution in [2.45, 2.75) is 26.2 Å². The molecule has 104 valence electrons. The van der Waals surface area contributed by atoms with Crippen LogP contribution in [0.3, 0.4) is 0 Å². The summed E-state index contributed by atoms with van der Waals surface area (Å²) in [5.74, 6) is -0.326. The molecule has 1 aromatic carbocycles. The van der Waals surface area contributed by atoms with E-state index in [1.165, 1.54) is 6.07 Å². The van der Waals surface area contributed by atoms with E-state index in [1.54, 1.807) is 17.0 Å². The van der Waals surface area contributed by atoms with Crippen LogP contribution in [-0.2, 0) is 0 Å². The highest BCUT2D eigenvalue weighted by Gasteiger charge is 2.20. The Hall–Kier alpha value is -1.42. The largest absolute Gasteiger partial charge is 0.337 e. The summed E-state index contributed by atoms with van der Waals surface area (Å²) in [6.07, 6.45) is 0.914. The number of nitrogens with zero attached hydrogens (tertiary/aromatic N) is 1. The molecule has 0 bridgehead atoms. The molecule has 3 nitrogen and oxygen atoms in total. The highest BCUT2D eigenvalue weighted by molar-refractivity contribution is 5.94. The van der Waals surface area contributed by atoms with Crippen molar-refractivity contribution in [2.24, 2.45) is 0 Å². The molecule has 1 amide bonds. The van der Waals surface area contributed by atoms with Crippen molar-refractivity contribution in [1.82, 2.24) is 10.2 Å². The Labute approximate surface area is 113 Å². The fourth-order valence-corrected chi connectivity index (χ4v) is 2.29. The van der Waals surface area contributed by atoms with Crippen molar-refractivity contribution >= 4 is 5.91 Å². The molecule has 0 atom stereocenters. The Morgan fingerprint density at radius 3 is 2.84 bits per heavy atom. The molecular weight excluding hydrogens is 243 g/mol. The average Bonchev–Trinajstić information content (AvgIpc) is 2.67. The zero-order valence-electron chi connectivity index (χ0n) is 11.6. The molecule has 1 aromatic rings. The van der Waals surface area contributed by atoms with Gasteiger partial charge < -0.3 is 10.2 Å². The molecule has 0 radical (unpaired) electrons. The van der Waals surface area contributed by atoms with Gasteiger partial charge in [0.25, 0.3) is 5.91 Å². The van der Waals surface area contributed by atoms with Crippen LogP contribution in [0.1, 0.15) is 42.1 Å². The number of carbonyl (C=O) groups excluding carboxylic acids is 1. The first kappa shape index (κ1) is 14.0. The molecule has 4 heteroatoms. The first-order valence-corrected chi connectivity index (χ1v) is 6.89. The van der Waals surface area contributed by atoms with Gasteiger partial charge in [-0.2, -0.15) is 0 Å². The van der Waals surface area contributed by atoms with E-state index in [9.17, 15) is 9.18 Å². The summed E-state index contributed by atoms with van der Waals surface area (Å²) >= 11 is 0. The van der Waals surface area contributed by atoms with Gasteiger partial charge in [-0.25, -0.2) is 4.39 Å². The van der Waals surface area contributed by atoms with Crippen molar-refractivity contribution in [2.75, 3.05) is 26.2 Å². The van der Waals surface area contributed by atoms with E-state index in [4.69, 9.17) is 0 Å². The predicted octanol–water partition coefficient (Wildman–Crippen LogP) is 2.38. The number of benzene rings is 1. The highest BCUT2D eigenvalue weighted by Crippen LogP contribution is 2.19. The van der Waals surface area contributed by atoms with Crippen molar-refractivity contribution < 1.29 is 9.18 Å². The summed E-state index contributed by atoms with van der Waals surface area (Å²) in [4.78, 5) is 14.1. The number of halogens is 1. The second kappa shape index (κ2) is 6.15. The Morgan fingerprint density at radius 2 is 2.11 bits per heavy atom. The Morgan fingerprint density at radius 1 is 1.32 bits per heavy atom. The molecule has 1 heterocycles. The van der Waals surface area contributed by atoms with E-state index >= 15 is 0 Å². The number of rotatable bonds is 2. The number of nitrogens with one attached hydrogen (secondary N) is 1. The van der Waals surface area contributed by atoms with Crippen molar-refractivity contribution in [3.05, 3.63) is 35.1 Å². The molecule has 0 aliphatic carbocycles. The van der Waals surface area contributed by atoms with Gasteiger partial charge in [-0.05, 0) is 36.6 Å². The highest BCUT2D eigenvalue weighted by atomic mass is 19.1. The van der Waals surface area contributed by atoms with Gasteiger partial charge in [-0.1, -0.05) is 19.9 Å². The average molecular weight is 264 g/mol. The predicted molar refractivity (Wildman–Crippen MR) is 73.9 cm³/mol. The molecule has 19 heavy (non-hydrogen) atoms. The maximum atomic E-state index is 13.9. The molecule has 1 N–H and O–H groups in total. The van der Waals surface area contributed by atoms with Crippen LogP contribution in [-0.4, -0.2) is 37.0 Å². The zero-order valence-corrected chi connectivity index (χ0v) is 11.6. The number of carbonyl (C=O) groups is 1. The summed E-state index contributed by atoms with van der Waals surface area (Å²) in [6, 6.07) is 4.85. The van der Waals surface area contributed by atoms with Crippen LogP contribution in [0, 0.1) is 5.82 Å². The van der Waals surface area contributed by atoms with Crippen LogP contribution in [0.4, 0.5) is 4.39 Å². The monoisotopic (exact) mass is 264 g/mol. The van der Waals surface area contributed by atoms with E-state index in [0.717, 1.165) is 25.1 Å². The second-order valence-electron chi connectivity index (χ2n) is 5.29. The third kappa shape index (κ3) is 3.32. The lowest BCUT2D eigenvalue weighted by Gasteiger charge is -2.21. The van der Waals surface area contributed by atoms with Crippen LogP contribution in [0.2, 0.25) is 0 Å². The third-order valence-corrected chi connectivity index (χ3v) is 3.51. The maximum absolute atomic E-state index is 13.9. The molecule has 1 aliphatic rings. The molecule has 0 unspecified atom stereocenters. The number of hydrogen-bond acceptors (Lipinski definition) is 2. The molecule has 0 aromatic heterocycles. The van der Waals surface area contributed by atoms with Crippen molar-refractivity contribution in [3.8, 4) is 0 Å². The van der Waals surface area contributed by atoms with Gasteiger partial charge in [0.05, 0.1) is 5.56 Å². The second-order valence-corrected chi connectivity index (χ2v) is 5.29. The van der Waals surface area contributed by atoms with E-state index in [1.807, 2.05) is 13.8 Å². The van der Waals surface area contributed by atoms with E-state index in [-0.39, 0.29) is 17.4 Å². The van der Waals surface area contributed by atoms with Crippen LogP contribution < -0.4 is 5.32 Å². The first-order chi connectivity index (χ1) is 9.09. The van der Waals surface area contributed by atoms with E-state index in [2.05, 4.69) is 5.32 Å². The van der Waals surface area contributed by atoms with Gasteiger partial charge in [-0.15, -0.1) is 0 Å². The molecule has 1 fully saturated rings. The SMILES string of the molecule is CC(C)c1ccc(F)c(C(=O)N2CCCNCC2)c1. The first-order valence-electron chi connectivity index (χ1n) is 6.89. The minimum Gasteiger partial charge on any atom is -0.337 e. The van der Waals surface area contributed by atoms with Gasteiger partial charge in [0.1, 0.15) is 5.82 Å². The molecular formula is C15H21FN2O. The Balaban J connectivity index is 2.24. The molecule has 0 saturated carbocycles. The quantitative estimate of drug-likeness (QED) is 0.889. The lowest BCUT2D eigenvalue weighted by Crippen LogP contribution is -2.34. The van der Waals surface area contributed by atoms with Crippen molar-refractivity contribution in [1.29, 1.82) is 0 Å². The zero-order chi connectivity index (χ0) is 13.8. The lowest BCUT2D eigenvalue weighted by atomic mass is 10.00. The fraction of sp³-hybridized carbons (Fsp3) is 0.533. The van der Waals surface area contributed by atoms with Crippen LogP contribution >= 0.6 is 0 Å². The molecule has 2 rings (SSSR count). The normalized spacial score (nSPS) is 16.5. The van der Waals surface area contributed by atoms with Crippen LogP contribution in [0.25, 0.3) is 0 Å². The Bertz CT molecular complexity index is 451. The lowest BCUT2D eigenvalue weighted by molar-refractivity contribution is 0.0761. The van der Waals surface area contributed by atoms with Gasteiger partial charge >= 0.3 is 0 Å². The van der Waals surface area contributed by atoms with Gasteiger partial charge in [0.15, 0.2) is 0 Å². The smallest absolute Gasteiger partial charge is 0.256 e. The van der Waals surface area contributed by atoms with Crippen LogP contribution in [0.5, 0.6) is 0 Å². The standard InChI is InChI=1S/C15H21FN2O/c1-11(2)12-4-5-14(16)13(10-12)15(19)18-8-3-6-17-7-9-18/h4-5,10-11,17H,3,6-9H2,1-2H3.